The van der Waals surface area contributed by atoms with Crippen LogP contribution in [0.5, 0.6) is 0 Å². The van der Waals surface area contributed by atoms with Crippen LogP contribution in [0.15, 0.2) is 29.4 Å². The molecule has 1 aromatic carbocycles. The summed E-state index contributed by atoms with van der Waals surface area (Å²) >= 11 is 0. The van der Waals surface area contributed by atoms with Gasteiger partial charge < -0.3 is 10.4 Å². The first-order valence-corrected chi connectivity index (χ1v) is 6.24. The van der Waals surface area contributed by atoms with Gasteiger partial charge in [0.25, 0.3) is 10.1 Å². The van der Waals surface area contributed by atoms with E-state index in [0.29, 0.717) is 0 Å². The van der Waals surface area contributed by atoms with Gasteiger partial charge in [0.05, 0.1) is 0 Å². The fourth-order valence-electron chi connectivity index (χ4n) is 1.88. The van der Waals surface area contributed by atoms with Gasteiger partial charge in [0.15, 0.2) is 5.78 Å². The molecule has 1 N–H and O–H groups in total. The second kappa shape index (κ2) is 5.50. The molecular formula is C10H8NNaO5S. The molecule has 8 heteroatoms. The third-order valence-electron chi connectivity index (χ3n) is 2.65. The SMILES string of the molecule is O=C1CC(S(=O)(=O)O)c2ccccc2/C1=N/[O-].[Na+]. The van der Waals surface area contributed by atoms with Crippen LogP contribution in [-0.4, -0.2) is 24.5 Å². The molecule has 0 heterocycles. The average molecular weight is 277 g/mol. The van der Waals surface area contributed by atoms with Crippen molar-refractivity contribution in [2.75, 3.05) is 0 Å². The maximum atomic E-state index is 11.5. The standard InChI is InChI=1S/C10H9NO5S.Na/c12-8-5-9(17(14,15)16)6-3-1-2-4-7(6)10(8)11-13;/h1-4,9,13H,5H2,(H,14,15,16);/q;+1/p-1/b11-10-;. The van der Waals surface area contributed by atoms with Crippen LogP contribution in [0.4, 0.5) is 0 Å². The zero-order valence-electron chi connectivity index (χ0n) is 9.53. The Hall–Kier alpha value is -0.730. The van der Waals surface area contributed by atoms with E-state index in [-0.39, 0.29) is 46.4 Å². The Labute approximate surface area is 126 Å². The molecule has 6 nitrogen and oxygen atoms in total. The van der Waals surface area contributed by atoms with Crippen LogP contribution in [0.2, 0.25) is 0 Å². The molecule has 0 saturated carbocycles. The first-order valence-electron chi connectivity index (χ1n) is 4.74. The predicted molar refractivity (Wildman–Crippen MR) is 60.3 cm³/mol. The molecule has 0 saturated heterocycles. The van der Waals surface area contributed by atoms with Gasteiger partial charge in [0.1, 0.15) is 11.0 Å². The summed E-state index contributed by atoms with van der Waals surface area (Å²) < 4.78 is 31.4. The van der Waals surface area contributed by atoms with E-state index in [1.807, 2.05) is 0 Å². The average Bonchev–Trinajstić information content (AvgIpc) is 2.27. The van der Waals surface area contributed by atoms with Gasteiger partial charge in [-0.1, -0.05) is 24.3 Å². The third-order valence-corrected chi connectivity index (χ3v) is 3.79. The molecule has 1 aliphatic carbocycles. The fraction of sp³-hybridized carbons (Fsp3) is 0.200. The minimum Gasteiger partial charge on any atom is -0.791 e. The quantitative estimate of drug-likeness (QED) is 0.359. The Morgan fingerprint density at radius 2 is 1.94 bits per heavy atom. The first kappa shape index (κ1) is 15.3. The topological polar surface area (TPSA) is 107 Å². The van der Waals surface area contributed by atoms with Crippen molar-refractivity contribution in [3.05, 3.63) is 40.6 Å². The van der Waals surface area contributed by atoms with Gasteiger partial charge in [-0.15, -0.1) is 0 Å². The minimum absolute atomic E-state index is 0. The number of Topliss-reactive ketones (excluding diaryl/α,β-unsaturated/α-hetero) is 1. The van der Waals surface area contributed by atoms with Crippen molar-refractivity contribution in [3.63, 3.8) is 0 Å². The summed E-state index contributed by atoms with van der Waals surface area (Å²) in [5.41, 5.74) is 0.103. The molecule has 1 unspecified atom stereocenters. The van der Waals surface area contributed by atoms with Crippen LogP contribution in [-0.2, 0) is 14.9 Å². The van der Waals surface area contributed by atoms with Crippen LogP contribution in [0.3, 0.4) is 0 Å². The van der Waals surface area contributed by atoms with Gasteiger partial charge >= 0.3 is 29.6 Å². The summed E-state index contributed by atoms with van der Waals surface area (Å²) in [4.78, 5) is 11.5. The van der Waals surface area contributed by atoms with Gasteiger partial charge in [-0.25, -0.2) is 0 Å². The molecule has 90 valence electrons. The molecule has 0 bridgehead atoms. The van der Waals surface area contributed by atoms with Gasteiger partial charge in [0.2, 0.25) is 0 Å². The van der Waals surface area contributed by atoms with Crippen LogP contribution in [0, 0.1) is 5.21 Å². The molecule has 18 heavy (non-hydrogen) atoms. The number of hydrogen-bond donors (Lipinski definition) is 1. The van der Waals surface area contributed by atoms with E-state index in [0.717, 1.165) is 0 Å². The normalized spacial score (nSPS) is 21.3. The molecule has 0 aromatic heterocycles. The maximum absolute atomic E-state index is 11.5. The van der Waals surface area contributed by atoms with Gasteiger partial charge in [-0.05, 0) is 5.56 Å². The Balaban J connectivity index is 0.00000162. The van der Waals surface area contributed by atoms with E-state index in [9.17, 15) is 18.4 Å². The summed E-state index contributed by atoms with van der Waals surface area (Å²) in [5, 5.41) is 11.9. The summed E-state index contributed by atoms with van der Waals surface area (Å²) in [7, 11) is -4.38. The van der Waals surface area contributed by atoms with E-state index < -0.39 is 27.6 Å². The molecule has 0 radical (unpaired) electrons. The number of fused-ring (bicyclic) bond motifs is 1. The van der Waals surface area contributed by atoms with Gasteiger partial charge in [0, 0.05) is 12.0 Å². The third kappa shape index (κ3) is 2.65. The Bertz CT molecular complexity index is 610. The molecule has 0 amide bonds. The van der Waals surface area contributed by atoms with E-state index in [1.54, 1.807) is 12.1 Å². The van der Waals surface area contributed by atoms with Crippen LogP contribution >= 0.6 is 0 Å². The predicted octanol–water partition coefficient (Wildman–Crippen LogP) is -2.12. The van der Waals surface area contributed by atoms with Crippen molar-refractivity contribution in [1.82, 2.24) is 0 Å². The van der Waals surface area contributed by atoms with Gasteiger partial charge in [-0.3, -0.25) is 9.35 Å². The molecule has 0 aliphatic heterocycles. The summed E-state index contributed by atoms with van der Waals surface area (Å²) in [6.45, 7) is 0. The molecule has 1 aromatic rings. The summed E-state index contributed by atoms with van der Waals surface area (Å²) in [6, 6.07) is 6.01. The van der Waals surface area contributed by atoms with Crippen molar-refractivity contribution in [2.24, 2.45) is 5.16 Å². The fourth-order valence-corrected chi connectivity index (χ4v) is 2.77. The van der Waals surface area contributed by atoms with E-state index in [2.05, 4.69) is 5.16 Å². The maximum Gasteiger partial charge on any atom is 1.00 e. The molecule has 0 spiro atoms. The van der Waals surface area contributed by atoms with E-state index in [1.165, 1.54) is 12.1 Å². The van der Waals surface area contributed by atoms with Crippen molar-refractivity contribution in [3.8, 4) is 0 Å². The van der Waals surface area contributed by atoms with E-state index in [4.69, 9.17) is 4.55 Å². The second-order valence-electron chi connectivity index (χ2n) is 3.66. The molecule has 1 atom stereocenters. The van der Waals surface area contributed by atoms with E-state index >= 15 is 0 Å². The number of hydrogen-bond acceptors (Lipinski definition) is 5. The number of nitrogens with zero attached hydrogens (tertiary/aromatic N) is 1. The Morgan fingerprint density at radius 1 is 1.33 bits per heavy atom. The zero-order valence-corrected chi connectivity index (χ0v) is 12.3. The second-order valence-corrected chi connectivity index (χ2v) is 5.26. The molecule has 2 rings (SSSR count). The molecule has 1 aliphatic rings. The summed E-state index contributed by atoms with van der Waals surface area (Å²) in [5.74, 6) is -0.679. The Morgan fingerprint density at radius 3 is 2.50 bits per heavy atom. The van der Waals surface area contributed by atoms with Gasteiger partial charge in [-0.2, -0.15) is 8.42 Å². The Kier molecular flexibility index (Phi) is 4.68. The minimum atomic E-state index is -4.38. The van der Waals surface area contributed by atoms with Crippen LogP contribution in [0.1, 0.15) is 22.8 Å². The summed E-state index contributed by atoms with van der Waals surface area (Å²) in [6.07, 6.45) is -0.461. The van der Waals surface area contributed by atoms with Crippen molar-refractivity contribution < 1.29 is 47.3 Å². The molecular weight excluding hydrogens is 269 g/mol. The largest absolute Gasteiger partial charge is 1.00 e. The first-order chi connectivity index (χ1) is 7.95. The number of carbonyl (C=O) groups excluding carboxylic acids is 1. The zero-order chi connectivity index (χ0) is 12.6. The number of ketones is 1. The monoisotopic (exact) mass is 277 g/mol. The van der Waals surface area contributed by atoms with Crippen LogP contribution in [0.25, 0.3) is 0 Å². The molecule has 0 fully saturated rings. The van der Waals surface area contributed by atoms with Crippen molar-refractivity contribution in [1.29, 1.82) is 0 Å². The number of carbonyl (C=O) groups is 1. The number of rotatable bonds is 1. The van der Waals surface area contributed by atoms with Crippen molar-refractivity contribution >= 4 is 21.6 Å². The van der Waals surface area contributed by atoms with Crippen molar-refractivity contribution in [2.45, 2.75) is 11.7 Å². The number of benzene rings is 1. The smallest absolute Gasteiger partial charge is 0.791 e. The van der Waals surface area contributed by atoms with Crippen LogP contribution < -0.4 is 29.6 Å².